The zero-order chi connectivity index (χ0) is 17.2. The van der Waals surface area contributed by atoms with Gasteiger partial charge in [0.2, 0.25) is 0 Å². The number of rotatable bonds is 7. The van der Waals surface area contributed by atoms with E-state index in [-0.39, 0.29) is 5.82 Å². The van der Waals surface area contributed by atoms with Gasteiger partial charge in [0.05, 0.1) is 0 Å². The number of aliphatic imine (C=N–C) groups is 1. The van der Waals surface area contributed by atoms with Gasteiger partial charge < -0.3 is 15.4 Å². The highest BCUT2D eigenvalue weighted by molar-refractivity contribution is 5.79. The SMILES string of the molecule is CCCNC(=NC)NCc1ccc(OCc2cccc(F)c2)cc1. The third-order valence-corrected chi connectivity index (χ3v) is 3.44. The summed E-state index contributed by atoms with van der Waals surface area (Å²) in [5.74, 6) is 1.31. The van der Waals surface area contributed by atoms with Gasteiger partial charge in [-0.2, -0.15) is 0 Å². The van der Waals surface area contributed by atoms with Gasteiger partial charge in [0, 0.05) is 20.1 Å². The summed E-state index contributed by atoms with van der Waals surface area (Å²) in [4.78, 5) is 4.17. The van der Waals surface area contributed by atoms with E-state index in [1.165, 1.54) is 12.1 Å². The van der Waals surface area contributed by atoms with Gasteiger partial charge in [-0.25, -0.2) is 4.39 Å². The Morgan fingerprint density at radius 2 is 1.88 bits per heavy atom. The van der Waals surface area contributed by atoms with Crippen LogP contribution >= 0.6 is 0 Å². The smallest absolute Gasteiger partial charge is 0.191 e. The molecular formula is C19H24FN3O. The molecule has 0 unspecified atom stereocenters. The predicted molar refractivity (Wildman–Crippen MR) is 95.7 cm³/mol. The molecule has 0 saturated heterocycles. The number of benzene rings is 2. The fourth-order valence-corrected chi connectivity index (χ4v) is 2.15. The summed E-state index contributed by atoms with van der Waals surface area (Å²) >= 11 is 0. The van der Waals surface area contributed by atoms with E-state index in [1.807, 2.05) is 30.3 Å². The minimum Gasteiger partial charge on any atom is -0.489 e. The van der Waals surface area contributed by atoms with E-state index < -0.39 is 0 Å². The van der Waals surface area contributed by atoms with Crippen molar-refractivity contribution >= 4 is 5.96 Å². The Labute approximate surface area is 142 Å². The van der Waals surface area contributed by atoms with Crippen LogP contribution in [0.5, 0.6) is 5.75 Å². The van der Waals surface area contributed by atoms with Crippen molar-refractivity contribution in [2.45, 2.75) is 26.5 Å². The second kappa shape index (κ2) is 9.55. The van der Waals surface area contributed by atoms with E-state index >= 15 is 0 Å². The highest BCUT2D eigenvalue weighted by atomic mass is 19.1. The Morgan fingerprint density at radius 1 is 1.08 bits per heavy atom. The molecule has 0 spiro atoms. The van der Waals surface area contributed by atoms with Gasteiger partial charge in [-0.1, -0.05) is 31.2 Å². The maximum absolute atomic E-state index is 13.1. The van der Waals surface area contributed by atoms with Crippen molar-refractivity contribution in [3.63, 3.8) is 0 Å². The topological polar surface area (TPSA) is 45.7 Å². The molecule has 0 atom stereocenters. The monoisotopic (exact) mass is 329 g/mol. The molecule has 0 aliphatic heterocycles. The quantitative estimate of drug-likeness (QED) is 0.604. The molecule has 0 saturated carbocycles. The molecule has 0 bridgehead atoms. The minimum atomic E-state index is -0.248. The van der Waals surface area contributed by atoms with Crippen molar-refractivity contribution in [3.8, 4) is 5.75 Å². The number of hydrogen-bond acceptors (Lipinski definition) is 2. The number of guanidine groups is 1. The van der Waals surface area contributed by atoms with E-state index in [2.05, 4.69) is 22.5 Å². The van der Waals surface area contributed by atoms with Gasteiger partial charge in [-0.15, -0.1) is 0 Å². The van der Waals surface area contributed by atoms with Crippen LogP contribution in [0.3, 0.4) is 0 Å². The number of ether oxygens (including phenoxy) is 1. The van der Waals surface area contributed by atoms with Crippen LogP contribution in [0, 0.1) is 5.82 Å². The average Bonchev–Trinajstić information content (AvgIpc) is 2.61. The normalized spacial score (nSPS) is 11.2. The molecule has 2 rings (SSSR count). The number of nitrogens with zero attached hydrogens (tertiary/aromatic N) is 1. The lowest BCUT2D eigenvalue weighted by Crippen LogP contribution is -2.37. The van der Waals surface area contributed by atoms with Crippen molar-refractivity contribution in [2.75, 3.05) is 13.6 Å². The van der Waals surface area contributed by atoms with Crippen molar-refractivity contribution in [1.82, 2.24) is 10.6 Å². The predicted octanol–water partition coefficient (Wildman–Crippen LogP) is 3.48. The van der Waals surface area contributed by atoms with Crippen molar-refractivity contribution < 1.29 is 9.13 Å². The lowest BCUT2D eigenvalue weighted by Gasteiger charge is -2.12. The van der Waals surface area contributed by atoms with Gasteiger partial charge in [0.25, 0.3) is 0 Å². The highest BCUT2D eigenvalue weighted by Gasteiger charge is 2.00. The summed E-state index contributed by atoms with van der Waals surface area (Å²) in [6.07, 6.45) is 1.05. The van der Waals surface area contributed by atoms with Crippen LogP contribution in [0.2, 0.25) is 0 Å². The van der Waals surface area contributed by atoms with Crippen LogP contribution in [0.1, 0.15) is 24.5 Å². The summed E-state index contributed by atoms with van der Waals surface area (Å²) in [7, 11) is 1.76. The van der Waals surface area contributed by atoms with E-state index in [1.54, 1.807) is 13.1 Å². The Hall–Kier alpha value is -2.56. The third-order valence-electron chi connectivity index (χ3n) is 3.44. The molecule has 0 aromatic heterocycles. The Morgan fingerprint density at radius 3 is 2.54 bits per heavy atom. The molecule has 0 heterocycles. The first-order valence-corrected chi connectivity index (χ1v) is 8.12. The van der Waals surface area contributed by atoms with E-state index in [0.717, 1.165) is 35.8 Å². The van der Waals surface area contributed by atoms with Crippen molar-refractivity contribution in [2.24, 2.45) is 4.99 Å². The number of halogens is 1. The minimum absolute atomic E-state index is 0.248. The third kappa shape index (κ3) is 5.91. The van der Waals surface area contributed by atoms with Crippen LogP contribution in [0.4, 0.5) is 4.39 Å². The highest BCUT2D eigenvalue weighted by Crippen LogP contribution is 2.14. The summed E-state index contributed by atoms with van der Waals surface area (Å²) in [5.41, 5.74) is 1.94. The first-order valence-electron chi connectivity index (χ1n) is 8.12. The molecule has 5 heteroatoms. The molecule has 0 aliphatic rings. The Balaban J connectivity index is 1.82. The summed E-state index contributed by atoms with van der Waals surface area (Å²) in [6, 6.07) is 14.3. The van der Waals surface area contributed by atoms with Gasteiger partial charge in [0.15, 0.2) is 5.96 Å². The molecule has 4 nitrogen and oxygen atoms in total. The van der Waals surface area contributed by atoms with Crippen molar-refractivity contribution in [1.29, 1.82) is 0 Å². The maximum Gasteiger partial charge on any atom is 0.191 e. The Kier molecular flexibility index (Phi) is 7.08. The molecule has 24 heavy (non-hydrogen) atoms. The summed E-state index contributed by atoms with van der Waals surface area (Å²) in [5, 5.41) is 6.49. The van der Waals surface area contributed by atoms with Crippen LogP contribution in [-0.2, 0) is 13.2 Å². The summed E-state index contributed by atoms with van der Waals surface area (Å²) in [6.45, 7) is 4.05. The van der Waals surface area contributed by atoms with Gasteiger partial charge >= 0.3 is 0 Å². The van der Waals surface area contributed by atoms with Crippen LogP contribution in [0.25, 0.3) is 0 Å². The largest absolute Gasteiger partial charge is 0.489 e. The van der Waals surface area contributed by atoms with Crippen LogP contribution in [0.15, 0.2) is 53.5 Å². The first-order chi connectivity index (χ1) is 11.7. The van der Waals surface area contributed by atoms with E-state index in [0.29, 0.717) is 13.2 Å². The first kappa shape index (κ1) is 17.8. The molecule has 0 fully saturated rings. The zero-order valence-electron chi connectivity index (χ0n) is 14.2. The van der Waals surface area contributed by atoms with Gasteiger partial charge in [-0.05, 0) is 41.8 Å². The molecule has 0 radical (unpaired) electrons. The van der Waals surface area contributed by atoms with E-state index in [4.69, 9.17) is 4.74 Å². The molecule has 2 aromatic rings. The molecule has 128 valence electrons. The molecule has 0 aliphatic carbocycles. The van der Waals surface area contributed by atoms with Gasteiger partial charge in [0.1, 0.15) is 18.2 Å². The molecule has 0 amide bonds. The number of nitrogens with one attached hydrogen (secondary N) is 2. The fourth-order valence-electron chi connectivity index (χ4n) is 2.15. The second-order valence-corrected chi connectivity index (χ2v) is 5.42. The van der Waals surface area contributed by atoms with Crippen LogP contribution < -0.4 is 15.4 Å². The number of hydrogen-bond donors (Lipinski definition) is 2. The maximum atomic E-state index is 13.1. The molecule has 2 N–H and O–H groups in total. The van der Waals surface area contributed by atoms with E-state index in [9.17, 15) is 4.39 Å². The fraction of sp³-hybridized carbons (Fsp3) is 0.316. The summed E-state index contributed by atoms with van der Waals surface area (Å²) < 4.78 is 18.8. The zero-order valence-corrected chi connectivity index (χ0v) is 14.2. The van der Waals surface area contributed by atoms with Gasteiger partial charge in [-0.3, -0.25) is 4.99 Å². The van der Waals surface area contributed by atoms with Crippen LogP contribution in [-0.4, -0.2) is 19.6 Å². The average molecular weight is 329 g/mol. The standard InChI is InChI=1S/C19H24FN3O/c1-3-11-22-19(21-2)23-13-15-7-9-18(10-8-15)24-14-16-5-4-6-17(20)12-16/h4-10,12H,3,11,13-14H2,1-2H3,(H2,21,22,23). The lowest BCUT2D eigenvalue weighted by molar-refractivity contribution is 0.305. The molecular weight excluding hydrogens is 305 g/mol. The lowest BCUT2D eigenvalue weighted by atomic mass is 10.2. The Bertz CT molecular complexity index is 656. The second-order valence-electron chi connectivity index (χ2n) is 5.42. The van der Waals surface area contributed by atoms with Crippen molar-refractivity contribution in [3.05, 3.63) is 65.5 Å². The molecule has 2 aromatic carbocycles.